The van der Waals surface area contributed by atoms with Crippen LogP contribution < -0.4 is 27.2 Å². The normalized spacial score (nSPS) is 15.7. The third kappa shape index (κ3) is 4.33. The number of carbonyl (C=O) groups excluding carboxylic acids is 1. The van der Waals surface area contributed by atoms with Crippen molar-refractivity contribution in [3.8, 4) is 11.8 Å². The van der Waals surface area contributed by atoms with E-state index in [1.807, 2.05) is 11.8 Å². The molecular weight excluding hydrogens is 448 g/mol. The molecule has 3 N–H and O–H groups in total. The van der Waals surface area contributed by atoms with Gasteiger partial charge in [0, 0.05) is 45.1 Å². The maximum Gasteiger partial charge on any atom is 0.331 e. The standard InChI is InChI=1S/C24H30N8O3/c1-5-6-12-31-20-19(18(21(33)26-3)22(31)30-11-7-8-16(25)13-30)29(4)24(35)32(23(20)34)14-17-27-10-9-15(2)28-17/h9-10,16H,7-8,11-14,25H2,1-4H3,(H,26,33)/t16-/m1/s1. The van der Waals surface area contributed by atoms with Crippen LogP contribution >= 0.6 is 0 Å². The molecule has 0 aromatic carbocycles. The van der Waals surface area contributed by atoms with Gasteiger partial charge >= 0.3 is 5.69 Å². The summed E-state index contributed by atoms with van der Waals surface area (Å²) in [6, 6.07) is 1.68. The lowest BCUT2D eigenvalue weighted by Crippen LogP contribution is -2.44. The second-order valence-corrected chi connectivity index (χ2v) is 8.68. The van der Waals surface area contributed by atoms with E-state index < -0.39 is 11.2 Å². The zero-order chi connectivity index (χ0) is 25.3. The number of rotatable bonds is 5. The number of nitrogens with zero attached hydrogens (tertiary/aromatic N) is 6. The Hall–Kier alpha value is -3.91. The first-order chi connectivity index (χ1) is 16.8. The van der Waals surface area contributed by atoms with Crippen LogP contribution in [-0.2, 0) is 20.1 Å². The van der Waals surface area contributed by atoms with E-state index in [1.165, 1.54) is 11.6 Å². The predicted octanol–water partition coefficient (Wildman–Crippen LogP) is -0.0412. The number of amides is 1. The molecule has 184 valence electrons. The molecule has 0 spiro atoms. The van der Waals surface area contributed by atoms with Gasteiger partial charge in [-0.2, -0.15) is 0 Å². The molecule has 11 nitrogen and oxygen atoms in total. The number of piperidine rings is 1. The number of fused-ring (bicyclic) bond motifs is 1. The van der Waals surface area contributed by atoms with Gasteiger partial charge in [-0.3, -0.25) is 18.7 Å². The van der Waals surface area contributed by atoms with Crippen LogP contribution in [0.25, 0.3) is 11.0 Å². The van der Waals surface area contributed by atoms with Gasteiger partial charge in [0.05, 0.1) is 18.6 Å². The first-order valence-corrected chi connectivity index (χ1v) is 11.5. The van der Waals surface area contributed by atoms with E-state index in [-0.39, 0.29) is 41.6 Å². The largest absolute Gasteiger partial charge is 0.356 e. The van der Waals surface area contributed by atoms with Crippen molar-refractivity contribution in [3.05, 3.63) is 50.2 Å². The molecule has 4 heterocycles. The molecule has 1 aliphatic heterocycles. The molecule has 1 fully saturated rings. The minimum atomic E-state index is -0.557. The van der Waals surface area contributed by atoms with Crippen LogP contribution in [-0.4, -0.2) is 55.8 Å². The summed E-state index contributed by atoms with van der Waals surface area (Å²) < 4.78 is 4.19. The van der Waals surface area contributed by atoms with E-state index in [9.17, 15) is 14.4 Å². The lowest BCUT2D eigenvalue weighted by atomic mass is 10.1. The molecule has 3 aromatic rings. The molecule has 0 aliphatic carbocycles. The molecule has 0 bridgehead atoms. The van der Waals surface area contributed by atoms with Gasteiger partial charge in [-0.15, -0.1) is 5.92 Å². The number of anilines is 1. The number of hydrogen-bond donors (Lipinski definition) is 2. The average molecular weight is 479 g/mol. The summed E-state index contributed by atoms with van der Waals surface area (Å²) in [6.07, 6.45) is 3.32. The molecule has 1 aliphatic rings. The molecule has 3 aromatic heterocycles. The summed E-state index contributed by atoms with van der Waals surface area (Å²) in [5.74, 6) is 6.40. The van der Waals surface area contributed by atoms with E-state index >= 15 is 0 Å². The Kier molecular flexibility index (Phi) is 6.75. The van der Waals surface area contributed by atoms with Crippen LogP contribution in [0.2, 0.25) is 0 Å². The number of nitrogens with two attached hydrogens (primary N) is 1. The first kappa shape index (κ1) is 24.2. The Morgan fingerprint density at radius 2 is 2.06 bits per heavy atom. The fraction of sp³-hybridized carbons (Fsp3) is 0.458. The van der Waals surface area contributed by atoms with E-state index in [0.29, 0.717) is 24.7 Å². The Morgan fingerprint density at radius 3 is 2.71 bits per heavy atom. The summed E-state index contributed by atoms with van der Waals surface area (Å²) in [6.45, 7) is 4.82. The van der Waals surface area contributed by atoms with Crippen LogP contribution in [0.1, 0.15) is 41.6 Å². The third-order valence-electron chi connectivity index (χ3n) is 6.28. The maximum atomic E-state index is 13.8. The topological polar surface area (TPSA) is 133 Å². The van der Waals surface area contributed by atoms with E-state index in [1.54, 1.807) is 30.8 Å². The second kappa shape index (κ2) is 9.76. The highest BCUT2D eigenvalue weighted by atomic mass is 16.2. The van der Waals surface area contributed by atoms with Crippen LogP contribution in [0.15, 0.2) is 21.9 Å². The summed E-state index contributed by atoms with van der Waals surface area (Å²) in [7, 11) is 3.09. The molecule has 1 atom stereocenters. The van der Waals surface area contributed by atoms with Crippen LogP contribution in [0.5, 0.6) is 0 Å². The van der Waals surface area contributed by atoms with Gasteiger partial charge in [-0.25, -0.2) is 14.8 Å². The zero-order valence-electron chi connectivity index (χ0n) is 20.5. The van der Waals surface area contributed by atoms with Crippen LogP contribution in [0.3, 0.4) is 0 Å². The number of carbonyl (C=O) groups is 1. The zero-order valence-corrected chi connectivity index (χ0v) is 20.5. The van der Waals surface area contributed by atoms with Crippen LogP contribution in [0.4, 0.5) is 5.82 Å². The van der Waals surface area contributed by atoms with Crippen molar-refractivity contribution in [1.29, 1.82) is 0 Å². The quantitative estimate of drug-likeness (QED) is 0.492. The molecule has 4 rings (SSSR count). The van der Waals surface area contributed by atoms with E-state index in [2.05, 4.69) is 27.1 Å². The minimum Gasteiger partial charge on any atom is -0.356 e. The number of aromatic nitrogens is 5. The van der Waals surface area contributed by atoms with Gasteiger partial charge in [-0.05, 0) is 32.8 Å². The van der Waals surface area contributed by atoms with Gasteiger partial charge < -0.3 is 20.5 Å². The predicted molar refractivity (Wildman–Crippen MR) is 134 cm³/mol. The molecule has 0 unspecified atom stereocenters. The Morgan fingerprint density at radius 1 is 1.29 bits per heavy atom. The SMILES string of the molecule is CC#CCn1c(N2CCC[C@@H](N)C2)c(C(=O)NC)c2c1c(=O)n(Cc1nccc(C)n1)c(=O)n2C. The highest BCUT2D eigenvalue weighted by Crippen LogP contribution is 2.32. The Bertz CT molecular complexity index is 1470. The summed E-state index contributed by atoms with van der Waals surface area (Å²) in [5.41, 5.74) is 6.68. The van der Waals surface area contributed by atoms with Gasteiger partial charge in [0.15, 0.2) is 0 Å². The second-order valence-electron chi connectivity index (χ2n) is 8.68. The lowest BCUT2D eigenvalue weighted by Gasteiger charge is -2.33. The van der Waals surface area contributed by atoms with Gasteiger partial charge in [-0.1, -0.05) is 5.92 Å². The van der Waals surface area contributed by atoms with Crippen molar-refractivity contribution in [1.82, 2.24) is 29.0 Å². The summed E-state index contributed by atoms with van der Waals surface area (Å²) in [4.78, 5) is 51.0. The number of hydrogen-bond acceptors (Lipinski definition) is 7. The van der Waals surface area contributed by atoms with Crippen molar-refractivity contribution < 1.29 is 4.79 Å². The van der Waals surface area contributed by atoms with Gasteiger partial charge in [0.1, 0.15) is 22.7 Å². The van der Waals surface area contributed by atoms with Crippen molar-refractivity contribution in [3.63, 3.8) is 0 Å². The van der Waals surface area contributed by atoms with Crippen molar-refractivity contribution >= 4 is 22.8 Å². The van der Waals surface area contributed by atoms with Crippen molar-refractivity contribution in [2.75, 3.05) is 25.0 Å². The third-order valence-corrected chi connectivity index (χ3v) is 6.28. The fourth-order valence-corrected chi connectivity index (χ4v) is 4.66. The molecule has 35 heavy (non-hydrogen) atoms. The van der Waals surface area contributed by atoms with Gasteiger partial charge in [0.2, 0.25) is 0 Å². The first-order valence-electron chi connectivity index (χ1n) is 11.5. The highest BCUT2D eigenvalue weighted by molar-refractivity contribution is 6.11. The van der Waals surface area contributed by atoms with E-state index in [0.717, 1.165) is 23.1 Å². The Labute approximate surface area is 202 Å². The molecule has 0 radical (unpaired) electrons. The van der Waals surface area contributed by atoms with E-state index in [4.69, 9.17) is 5.73 Å². The minimum absolute atomic E-state index is 0.0658. The number of nitrogens with one attached hydrogen (secondary N) is 1. The Balaban J connectivity index is 2.08. The lowest BCUT2D eigenvalue weighted by molar-refractivity contribution is 0.0964. The van der Waals surface area contributed by atoms with Crippen molar-refractivity contribution in [2.24, 2.45) is 12.8 Å². The summed E-state index contributed by atoms with van der Waals surface area (Å²) in [5, 5.41) is 2.67. The van der Waals surface area contributed by atoms with Crippen LogP contribution in [0, 0.1) is 18.8 Å². The van der Waals surface area contributed by atoms with Crippen molar-refractivity contribution in [2.45, 2.75) is 45.8 Å². The average Bonchev–Trinajstić information content (AvgIpc) is 3.19. The summed E-state index contributed by atoms with van der Waals surface area (Å²) >= 11 is 0. The van der Waals surface area contributed by atoms with Gasteiger partial charge in [0.25, 0.3) is 11.5 Å². The highest BCUT2D eigenvalue weighted by Gasteiger charge is 2.32. The molecule has 0 saturated carbocycles. The molecular formula is C24H30N8O3. The molecule has 11 heteroatoms. The molecule has 1 amide bonds. The molecule has 1 saturated heterocycles. The number of aryl methyl sites for hydroxylation is 2. The fourth-order valence-electron chi connectivity index (χ4n) is 4.66. The smallest absolute Gasteiger partial charge is 0.331 e. The monoisotopic (exact) mass is 478 g/mol. The maximum absolute atomic E-state index is 13.8.